The van der Waals surface area contributed by atoms with E-state index in [1.165, 1.54) is 0 Å². The van der Waals surface area contributed by atoms with Gasteiger partial charge >= 0.3 is 0 Å². The highest BCUT2D eigenvalue weighted by Crippen LogP contribution is 2.34. The molecule has 0 radical (unpaired) electrons. The highest BCUT2D eigenvalue weighted by Gasteiger charge is 2.27. The Labute approximate surface area is 173 Å². The third-order valence-corrected chi connectivity index (χ3v) is 5.03. The zero-order chi connectivity index (χ0) is 19.4. The maximum absolute atomic E-state index is 12.9. The summed E-state index contributed by atoms with van der Waals surface area (Å²) in [5.74, 6) is 1.30. The lowest BCUT2D eigenvalue weighted by Crippen LogP contribution is -2.39. The molecule has 0 saturated carbocycles. The lowest BCUT2D eigenvalue weighted by Gasteiger charge is -2.28. The van der Waals surface area contributed by atoms with Crippen LogP contribution in [-0.4, -0.2) is 19.1 Å². The summed E-state index contributed by atoms with van der Waals surface area (Å²) in [6.07, 6.45) is 0. The fourth-order valence-electron chi connectivity index (χ4n) is 3.30. The number of nitrogens with two attached hydrogens (primary N) is 1. The van der Waals surface area contributed by atoms with Gasteiger partial charge < -0.3 is 20.5 Å². The Bertz CT molecular complexity index is 783. The largest absolute Gasteiger partial charge is 0.486 e. The smallest absolute Gasteiger partial charge is 0.225 e. The minimum atomic E-state index is -0.348. The SMILES string of the molecule is CC(C)C(NC(=O)C(C)C(N)c1ccccc1)c1ccc2c(c1)OCCO2.Cl. The van der Waals surface area contributed by atoms with E-state index in [0.717, 1.165) is 22.6 Å². The second kappa shape index (κ2) is 9.80. The highest BCUT2D eigenvalue weighted by molar-refractivity contribution is 5.85. The summed E-state index contributed by atoms with van der Waals surface area (Å²) in [6, 6.07) is 15.1. The molecule has 6 heteroatoms. The van der Waals surface area contributed by atoms with E-state index in [0.29, 0.717) is 13.2 Å². The van der Waals surface area contributed by atoms with Gasteiger partial charge in [-0.25, -0.2) is 0 Å². The van der Waals surface area contributed by atoms with Gasteiger partial charge in [0.05, 0.1) is 12.0 Å². The van der Waals surface area contributed by atoms with Crippen molar-refractivity contribution in [1.82, 2.24) is 5.32 Å². The third-order valence-electron chi connectivity index (χ3n) is 5.03. The molecule has 1 heterocycles. The van der Waals surface area contributed by atoms with E-state index in [1.807, 2.05) is 55.5 Å². The van der Waals surface area contributed by atoms with Crippen molar-refractivity contribution < 1.29 is 14.3 Å². The van der Waals surface area contributed by atoms with Gasteiger partial charge in [0.1, 0.15) is 13.2 Å². The Morgan fingerprint density at radius 2 is 1.61 bits per heavy atom. The summed E-state index contributed by atoms with van der Waals surface area (Å²) < 4.78 is 11.3. The summed E-state index contributed by atoms with van der Waals surface area (Å²) in [5.41, 5.74) is 8.29. The predicted octanol–water partition coefficient (Wildman–Crippen LogP) is 4.03. The molecule has 3 rings (SSSR count). The number of nitrogens with one attached hydrogen (secondary N) is 1. The molecule has 3 N–H and O–H groups in total. The van der Waals surface area contributed by atoms with E-state index < -0.39 is 0 Å². The molecule has 2 aromatic rings. The maximum atomic E-state index is 12.9. The number of carbonyl (C=O) groups excluding carboxylic acids is 1. The standard InChI is InChI=1S/C22H28N2O3.ClH/c1-14(2)21(17-9-10-18-19(13-17)27-12-11-26-18)24-22(25)15(3)20(23)16-7-5-4-6-8-16;/h4-10,13-15,20-21H,11-12,23H2,1-3H3,(H,24,25);1H. The molecule has 1 aliphatic heterocycles. The van der Waals surface area contributed by atoms with E-state index in [9.17, 15) is 4.79 Å². The van der Waals surface area contributed by atoms with Crippen molar-refractivity contribution in [1.29, 1.82) is 0 Å². The first-order valence-corrected chi connectivity index (χ1v) is 9.48. The van der Waals surface area contributed by atoms with Crippen LogP contribution in [0, 0.1) is 11.8 Å². The minimum Gasteiger partial charge on any atom is -0.486 e. The van der Waals surface area contributed by atoms with Crippen LogP contribution in [-0.2, 0) is 4.79 Å². The zero-order valence-electron chi connectivity index (χ0n) is 16.6. The molecule has 5 nitrogen and oxygen atoms in total. The van der Waals surface area contributed by atoms with Crippen LogP contribution in [0.3, 0.4) is 0 Å². The molecule has 1 aliphatic rings. The number of ether oxygens (including phenoxy) is 2. The lowest BCUT2D eigenvalue weighted by molar-refractivity contribution is -0.126. The van der Waals surface area contributed by atoms with Gasteiger partial charge in [-0.05, 0) is 29.2 Å². The second-order valence-electron chi connectivity index (χ2n) is 7.36. The van der Waals surface area contributed by atoms with Gasteiger partial charge in [0.25, 0.3) is 0 Å². The van der Waals surface area contributed by atoms with Crippen molar-refractivity contribution in [2.45, 2.75) is 32.9 Å². The topological polar surface area (TPSA) is 73.6 Å². The van der Waals surface area contributed by atoms with Crippen LogP contribution in [0.15, 0.2) is 48.5 Å². The first-order valence-electron chi connectivity index (χ1n) is 9.48. The number of hydrogen-bond donors (Lipinski definition) is 2. The Morgan fingerprint density at radius 1 is 0.964 bits per heavy atom. The number of hydrogen-bond acceptors (Lipinski definition) is 4. The van der Waals surface area contributed by atoms with Crippen molar-refractivity contribution in [2.24, 2.45) is 17.6 Å². The monoisotopic (exact) mass is 404 g/mol. The molecule has 0 aliphatic carbocycles. The quantitative estimate of drug-likeness (QED) is 0.762. The second-order valence-corrected chi connectivity index (χ2v) is 7.36. The van der Waals surface area contributed by atoms with Crippen molar-refractivity contribution in [2.75, 3.05) is 13.2 Å². The Morgan fingerprint density at radius 3 is 2.25 bits per heavy atom. The van der Waals surface area contributed by atoms with Crippen LogP contribution in [0.5, 0.6) is 11.5 Å². The van der Waals surface area contributed by atoms with Crippen LogP contribution in [0.2, 0.25) is 0 Å². The number of rotatable bonds is 6. The van der Waals surface area contributed by atoms with E-state index >= 15 is 0 Å². The number of benzene rings is 2. The molecule has 3 atom stereocenters. The molecule has 152 valence electrons. The molecule has 2 aromatic carbocycles. The molecule has 1 amide bonds. The van der Waals surface area contributed by atoms with Crippen molar-refractivity contribution in [3.05, 3.63) is 59.7 Å². The van der Waals surface area contributed by atoms with Gasteiger partial charge in [0.2, 0.25) is 5.91 Å². The summed E-state index contributed by atoms with van der Waals surface area (Å²) in [7, 11) is 0. The Balaban J connectivity index is 0.00000280. The van der Waals surface area contributed by atoms with E-state index in [-0.39, 0.29) is 42.2 Å². The molecule has 0 aromatic heterocycles. The van der Waals surface area contributed by atoms with Gasteiger partial charge in [-0.2, -0.15) is 0 Å². The van der Waals surface area contributed by atoms with Gasteiger partial charge in [0.15, 0.2) is 11.5 Å². The van der Waals surface area contributed by atoms with Gasteiger partial charge in [-0.3, -0.25) is 4.79 Å². The minimum absolute atomic E-state index is 0. The predicted molar refractivity (Wildman–Crippen MR) is 113 cm³/mol. The Kier molecular flexibility index (Phi) is 7.72. The number of amides is 1. The molecule has 0 fully saturated rings. The molecule has 28 heavy (non-hydrogen) atoms. The molecule has 0 spiro atoms. The third kappa shape index (κ3) is 4.97. The first kappa shape index (κ1) is 22.1. The van der Waals surface area contributed by atoms with E-state index in [4.69, 9.17) is 15.2 Å². The van der Waals surface area contributed by atoms with Crippen molar-refractivity contribution in [3.8, 4) is 11.5 Å². The average Bonchev–Trinajstić information content (AvgIpc) is 2.70. The summed E-state index contributed by atoms with van der Waals surface area (Å²) >= 11 is 0. The molecular weight excluding hydrogens is 376 g/mol. The van der Waals surface area contributed by atoms with E-state index in [2.05, 4.69) is 19.2 Å². The van der Waals surface area contributed by atoms with Gasteiger partial charge in [0, 0.05) is 6.04 Å². The molecule has 0 saturated heterocycles. The van der Waals surface area contributed by atoms with E-state index in [1.54, 1.807) is 0 Å². The molecular formula is C22H29ClN2O3. The summed E-state index contributed by atoms with van der Waals surface area (Å²) in [6.45, 7) is 7.14. The van der Waals surface area contributed by atoms with Gasteiger partial charge in [-0.15, -0.1) is 12.4 Å². The number of carbonyl (C=O) groups is 1. The average molecular weight is 405 g/mol. The van der Waals surface area contributed by atoms with Crippen LogP contribution in [0.4, 0.5) is 0 Å². The fourth-order valence-corrected chi connectivity index (χ4v) is 3.30. The lowest BCUT2D eigenvalue weighted by atomic mass is 9.91. The zero-order valence-corrected chi connectivity index (χ0v) is 17.4. The summed E-state index contributed by atoms with van der Waals surface area (Å²) in [4.78, 5) is 12.9. The fraction of sp³-hybridized carbons (Fsp3) is 0.409. The van der Waals surface area contributed by atoms with Crippen LogP contribution in [0.25, 0.3) is 0 Å². The number of fused-ring (bicyclic) bond motifs is 1. The summed E-state index contributed by atoms with van der Waals surface area (Å²) in [5, 5.41) is 3.17. The first-order chi connectivity index (χ1) is 13.0. The van der Waals surface area contributed by atoms with Crippen LogP contribution >= 0.6 is 12.4 Å². The van der Waals surface area contributed by atoms with Crippen molar-refractivity contribution in [3.63, 3.8) is 0 Å². The maximum Gasteiger partial charge on any atom is 0.225 e. The van der Waals surface area contributed by atoms with Crippen molar-refractivity contribution >= 4 is 18.3 Å². The Hall–Kier alpha value is -2.24. The van der Waals surface area contributed by atoms with Gasteiger partial charge in [-0.1, -0.05) is 57.2 Å². The highest BCUT2D eigenvalue weighted by atomic mass is 35.5. The number of halogens is 1. The van der Waals surface area contributed by atoms with Crippen LogP contribution < -0.4 is 20.5 Å². The molecule has 0 bridgehead atoms. The normalized spacial score (nSPS) is 15.9. The molecule has 3 unspecified atom stereocenters. The van der Waals surface area contributed by atoms with Crippen LogP contribution in [0.1, 0.15) is 44.0 Å².